The second kappa shape index (κ2) is 9.05. The van der Waals surface area contributed by atoms with Gasteiger partial charge in [0.25, 0.3) is 0 Å². The van der Waals surface area contributed by atoms with Gasteiger partial charge < -0.3 is 19.9 Å². The lowest BCUT2D eigenvalue weighted by atomic mass is 10.00. The van der Waals surface area contributed by atoms with Crippen LogP contribution in [0.1, 0.15) is 11.6 Å². The summed E-state index contributed by atoms with van der Waals surface area (Å²) in [5.74, 6) is 0.968. The standard InChI is InChI=1S/C22H22FNO3/c1-26-17-13-11-16(12-14-17)24-22(19-9-5-6-10-20(19)23)21(15-25)27-18-7-3-2-4-8-18/h2-14,21-22,24-25H,15H2,1H3/t21-,22+/m0/s1. The predicted octanol–water partition coefficient (Wildman–Crippen LogP) is 4.43. The lowest BCUT2D eigenvalue weighted by molar-refractivity contribution is 0.0988. The second-order valence-corrected chi connectivity index (χ2v) is 6.02. The van der Waals surface area contributed by atoms with Gasteiger partial charge >= 0.3 is 0 Å². The van der Waals surface area contributed by atoms with E-state index in [2.05, 4.69) is 5.32 Å². The van der Waals surface area contributed by atoms with Crippen LogP contribution in [-0.4, -0.2) is 24.9 Å². The van der Waals surface area contributed by atoms with Crippen molar-refractivity contribution in [3.8, 4) is 11.5 Å². The van der Waals surface area contributed by atoms with Crippen molar-refractivity contribution < 1.29 is 19.0 Å². The third-order valence-corrected chi connectivity index (χ3v) is 4.23. The number of benzene rings is 3. The summed E-state index contributed by atoms with van der Waals surface area (Å²) in [6, 6.07) is 22.4. The SMILES string of the molecule is COc1ccc(N[C@H](c2ccccc2F)[C@H](CO)Oc2ccccc2)cc1. The molecule has 0 amide bonds. The minimum Gasteiger partial charge on any atom is -0.497 e. The molecule has 0 heterocycles. The molecule has 27 heavy (non-hydrogen) atoms. The summed E-state index contributed by atoms with van der Waals surface area (Å²) in [5.41, 5.74) is 1.18. The number of rotatable bonds is 8. The zero-order valence-corrected chi connectivity index (χ0v) is 15.0. The van der Waals surface area contributed by atoms with E-state index in [4.69, 9.17) is 9.47 Å². The van der Waals surface area contributed by atoms with Crippen LogP contribution in [0.2, 0.25) is 0 Å². The fraction of sp³-hybridized carbons (Fsp3) is 0.182. The van der Waals surface area contributed by atoms with Gasteiger partial charge in [-0.25, -0.2) is 4.39 Å². The first kappa shape index (κ1) is 18.7. The van der Waals surface area contributed by atoms with Gasteiger partial charge in [-0.1, -0.05) is 36.4 Å². The van der Waals surface area contributed by atoms with Crippen molar-refractivity contribution in [3.63, 3.8) is 0 Å². The largest absolute Gasteiger partial charge is 0.497 e. The molecule has 140 valence electrons. The summed E-state index contributed by atoms with van der Waals surface area (Å²) < 4.78 is 25.6. The van der Waals surface area contributed by atoms with Gasteiger partial charge in [0, 0.05) is 11.3 Å². The third-order valence-electron chi connectivity index (χ3n) is 4.23. The fourth-order valence-electron chi connectivity index (χ4n) is 2.85. The van der Waals surface area contributed by atoms with Crippen molar-refractivity contribution in [3.05, 3.63) is 90.2 Å². The molecule has 0 unspecified atom stereocenters. The Kier molecular flexibility index (Phi) is 6.28. The van der Waals surface area contributed by atoms with Crippen molar-refractivity contribution in [2.24, 2.45) is 0 Å². The molecule has 3 aromatic carbocycles. The Morgan fingerprint density at radius 1 is 0.889 bits per heavy atom. The maximum absolute atomic E-state index is 14.5. The molecule has 0 saturated carbocycles. The number of hydrogen-bond acceptors (Lipinski definition) is 4. The van der Waals surface area contributed by atoms with Crippen molar-refractivity contribution in [2.45, 2.75) is 12.1 Å². The maximum Gasteiger partial charge on any atom is 0.146 e. The molecule has 0 aromatic heterocycles. The van der Waals surface area contributed by atoms with Gasteiger partial charge in [-0.05, 0) is 42.5 Å². The Morgan fingerprint density at radius 3 is 2.19 bits per heavy atom. The Bertz CT molecular complexity index is 840. The molecule has 0 aliphatic heterocycles. The van der Waals surface area contributed by atoms with Crippen LogP contribution in [0.4, 0.5) is 10.1 Å². The summed E-state index contributed by atoms with van der Waals surface area (Å²) in [5, 5.41) is 13.2. The van der Waals surface area contributed by atoms with Gasteiger partial charge in [0.2, 0.25) is 0 Å². The number of hydrogen-bond donors (Lipinski definition) is 2. The van der Waals surface area contributed by atoms with E-state index in [0.717, 1.165) is 11.4 Å². The van der Waals surface area contributed by atoms with E-state index >= 15 is 0 Å². The Balaban J connectivity index is 1.91. The van der Waals surface area contributed by atoms with Crippen LogP contribution < -0.4 is 14.8 Å². The van der Waals surface area contributed by atoms with Crippen LogP contribution >= 0.6 is 0 Å². The van der Waals surface area contributed by atoms with Gasteiger partial charge in [0.05, 0.1) is 19.8 Å². The number of ether oxygens (including phenoxy) is 2. The lowest BCUT2D eigenvalue weighted by Crippen LogP contribution is -2.34. The van der Waals surface area contributed by atoms with Crippen LogP contribution in [-0.2, 0) is 0 Å². The second-order valence-electron chi connectivity index (χ2n) is 6.02. The number of aliphatic hydroxyl groups excluding tert-OH is 1. The highest BCUT2D eigenvalue weighted by atomic mass is 19.1. The zero-order valence-electron chi connectivity index (χ0n) is 15.0. The van der Waals surface area contributed by atoms with Crippen molar-refractivity contribution in [1.29, 1.82) is 0 Å². The molecular formula is C22H22FNO3. The zero-order chi connectivity index (χ0) is 19.1. The van der Waals surface area contributed by atoms with Crippen molar-refractivity contribution in [1.82, 2.24) is 0 Å². The Morgan fingerprint density at radius 2 is 1.56 bits per heavy atom. The highest BCUT2D eigenvalue weighted by Gasteiger charge is 2.27. The third kappa shape index (κ3) is 4.77. The average molecular weight is 367 g/mol. The summed E-state index contributed by atoms with van der Waals surface area (Å²) in [6.45, 7) is -0.281. The first-order valence-corrected chi connectivity index (χ1v) is 8.69. The molecule has 0 radical (unpaired) electrons. The fourth-order valence-corrected chi connectivity index (χ4v) is 2.85. The van der Waals surface area contributed by atoms with E-state index in [1.807, 2.05) is 42.5 Å². The lowest BCUT2D eigenvalue weighted by Gasteiger charge is -2.29. The normalized spacial score (nSPS) is 12.9. The molecule has 3 aromatic rings. The highest BCUT2D eigenvalue weighted by Crippen LogP contribution is 2.28. The molecule has 2 atom stereocenters. The quantitative estimate of drug-likeness (QED) is 0.619. The minimum absolute atomic E-state index is 0.281. The van der Waals surface area contributed by atoms with E-state index in [-0.39, 0.29) is 12.4 Å². The molecular weight excluding hydrogens is 345 g/mol. The monoisotopic (exact) mass is 367 g/mol. The van der Waals surface area contributed by atoms with E-state index in [1.54, 1.807) is 37.4 Å². The first-order chi connectivity index (χ1) is 13.2. The van der Waals surface area contributed by atoms with E-state index in [1.165, 1.54) is 6.07 Å². The molecule has 0 bridgehead atoms. The molecule has 2 N–H and O–H groups in total. The average Bonchev–Trinajstić information content (AvgIpc) is 2.72. The summed E-state index contributed by atoms with van der Waals surface area (Å²) in [4.78, 5) is 0. The Labute approximate surface area is 158 Å². The summed E-state index contributed by atoms with van der Waals surface area (Å²) >= 11 is 0. The van der Waals surface area contributed by atoms with Gasteiger partial charge in [0.15, 0.2) is 0 Å². The molecule has 3 rings (SSSR count). The Hall–Kier alpha value is -3.05. The smallest absolute Gasteiger partial charge is 0.146 e. The predicted molar refractivity (Wildman–Crippen MR) is 104 cm³/mol. The van der Waals surface area contributed by atoms with Gasteiger partial charge in [-0.15, -0.1) is 0 Å². The van der Waals surface area contributed by atoms with Gasteiger partial charge in [0.1, 0.15) is 23.4 Å². The van der Waals surface area contributed by atoms with Crippen LogP contribution in [0.25, 0.3) is 0 Å². The number of aliphatic hydroxyl groups is 1. The van der Waals surface area contributed by atoms with Gasteiger partial charge in [-0.2, -0.15) is 0 Å². The minimum atomic E-state index is -0.689. The van der Waals surface area contributed by atoms with Gasteiger partial charge in [-0.3, -0.25) is 0 Å². The maximum atomic E-state index is 14.5. The van der Waals surface area contributed by atoms with Crippen molar-refractivity contribution >= 4 is 5.69 Å². The first-order valence-electron chi connectivity index (χ1n) is 8.69. The number of methoxy groups -OCH3 is 1. The van der Waals surface area contributed by atoms with Crippen molar-refractivity contribution in [2.75, 3.05) is 19.0 Å². The molecule has 0 aliphatic rings. The van der Waals surface area contributed by atoms with Crippen LogP contribution in [0.15, 0.2) is 78.9 Å². The molecule has 0 spiro atoms. The van der Waals surface area contributed by atoms with E-state index in [9.17, 15) is 9.50 Å². The molecule has 0 aliphatic carbocycles. The number of halogens is 1. The van der Waals surface area contributed by atoms with Crippen LogP contribution in [0, 0.1) is 5.82 Å². The van der Waals surface area contributed by atoms with E-state index < -0.39 is 12.1 Å². The van der Waals surface area contributed by atoms with E-state index in [0.29, 0.717) is 11.3 Å². The highest BCUT2D eigenvalue weighted by molar-refractivity contribution is 5.49. The molecule has 4 nitrogen and oxygen atoms in total. The number of para-hydroxylation sites is 1. The topological polar surface area (TPSA) is 50.7 Å². The molecule has 0 saturated heterocycles. The molecule has 0 fully saturated rings. The number of anilines is 1. The summed E-state index contributed by atoms with van der Waals surface area (Å²) in [7, 11) is 1.60. The summed E-state index contributed by atoms with van der Waals surface area (Å²) in [6.07, 6.45) is -0.689. The van der Waals surface area contributed by atoms with Crippen LogP contribution in [0.5, 0.6) is 11.5 Å². The molecule has 5 heteroatoms. The number of nitrogens with one attached hydrogen (secondary N) is 1. The van der Waals surface area contributed by atoms with Crippen LogP contribution in [0.3, 0.4) is 0 Å².